The predicted molar refractivity (Wildman–Crippen MR) is 115 cm³/mol. The molecule has 0 unspecified atom stereocenters. The second kappa shape index (κ2) is 8.97. The van der Waals surface area contributed by atoms with Crippen LogP contribution in [0.1, 0.15) is 11.1 Å². The van der Waals surface area contributed by atoms with Crippen LogP contribution in [-0.4, -0.2) is 16.2 Å². The molecule has 31 heavy (non-hydrogen) atoms. The molecule has 0 aliphatic heterocycles. The number of aromatic nitrogens is 2. The molecule has 9 heteroatoms. The van der Waals surface area contributed by atoms with Crippen molar-refractivity contribution in [1.82, 2.24) is 9.97 Å². The van der Waals surface area contributed by atoms with Gasteiger partial charge in [0.25, 0.3) is 0 Å². The van der Waals surface area contributed by atoms with E-state index < -0.39 is 17.6 Å². The van der Waals surface area contributed by atoms with Gasteiger partial charge in [-0.1, -0.05) is 30.3 Å². The zero-order valence-corrected chi connectivity index (χ0v) is 16.7. The summed E-state index contributed by atoms with van der Waals surface area (Å²) in [5, 5.41) is 6.73. The fourth-order valence-corrected chi connectivity index (χ4v) is 3.32. The van der Waals surface area contributed by atoms with Crippen molar-refractivity contribution in [2.45, 2.75) is 6.18 Å². The number of halogens is 3. The molecule has 0 atom stereocenters. The Bertz CT molecular complexity index is 1180. The molecule has 156 valence electrons. The molecule has 4 aromatic rings. The number of nitrogens with zero attached hydrogens (tertiary/aromatic N) is 3. The second-order valence-corrected chi connectivity index (χ2v) is 7.16. The molecule has 2 heterocycles. The van der Waals surface area contributed by atoms with E-state index in [-0.39, 0.29) is 5.75 Å². The van der Waals surface area contributed by atoms with Crippen LogP contribution in [0.5, 0.6) is 11.6 Å². The van der Waals surface area contributed by atoms with E-state index in [9.17, 15) is 13.2 Å². The zero-order valence-electron chi connectivity index (χ0n) is 15.9. The third kappa shape index (κ3) is 5.26. The lowest BCUT2D eigenvalue weighted by atomic mass is 10.2. The van der Waals surface area contributed by atoms with E-state index in [1.54, 1.807) is 30.5 Å². The second-order valence-electron chi connectivity index (χ2n) is 6.30. The number of benzene rings is 2. The van der Waals surface area contributed by atoms with Gasteiger partial charge in [0, 0.05) is 17.1 Å². The third-order valence-electron chi connectivity index (χ3n) is 4.12. The van der Waals surface area contributed by atoms with Crippen LogP contribution in [-0.2, 0) is 6.18 Å². The largest absolute Gasteiger partial charge is 0.438 e. The van der Waals surface area contributed by atoms with Crippen molar-refractivity contribution in [3.63, 3.8) is 0 Å². The van der Waals surface area contributed by atoms with Crippen LogP contribution in [0.2, 0.25) is 0 Å². The van der Waals surface area contributed by atoms with Gasteiger partial charge in [0.2, 0.25) is 11.0 Å². The van der Waals surface area contributed by atoms with Crippen LogP contribution in [0.3, 0.4) is 0 Å². The van der Waals surface area contributed by atoms with Gasteiger partial charge in [-0.25, -0.2) is 9.97 Å². The lowest BCUT2D eigenvalue weighted by molar-refractivity contribution is -0.138. The number of hydrazone groups is 1. The molecule has 0 bridgehead atoms. The van der Waals surface area contributed by atoms with Crippen LogP contribution in [0.4, 0.5) is 18.3 Å². The first kappa shape index (κ1) is 20.5. The summed E-state index contributed by atoms with van der Waals surface area (Å²) in [5.41, 5.74) is 4.56. The first-order chi connectivity index (χ1) is 15.0. The number of hydrogen-bond acceptors (Lipinski definition) is 6. The fraction of sp³-hybridized carbons (Fsp3) is 0.0455. The molecule has 2 aromatic heterocycles. The van der Waals surface area contributed by atoms with Crippen molar-refractivity contribution < 1.29 is 17.9 Å². The summed E-state index contributed by atoms with van der Waals surface area (Å²) in [6, 6.07) is 18.4. The van der Waals surface area contributed by atoms with Gasteiger partial charge in [-0.3, -0.25) is 5.43 Å². The molecule has 0 fully saturated rings. The van der Waals surface area contributed by atoms with E-state index in [2.05, 4.69) is 20.5 Å². The van der Waals surface area contributed by atoms with Gasteiger partial charge in [-0.2, -0.15) is 18.3 Å². The Labute approximate surface area is 179 Å². The molecule has 5 nitrogen and oxygen atoms in total. The lowest BCUT2D eigenvalue weighted by Crippen LogP contribution is -2.08. The molecular formula is C22H15F3N4OS. The molecule has 0 saturated carbocycles. The van der Waals surface area contributed by atoms with Gasteiger partial charge in [0.05, 0.1) is 11.9 Å². The first-order valence-electron chi connectivity index (χ1n) is 9.09. The highest BCUT2D eigenvalue weighted by Gasteiger charge is 2.35. The summed E-state index contributed by atoms with van der Waals surface area (Å²) in [6.45, 7) is 0. The van der Waals surface area contributed by atoms with Crippen molar-refractivity contribution >= 4 is 22.7 Å². The predicted octanol–water partition coefficient (Wildman–Crippen LogP) is 6.46. The average Bonchev–Trinajstić information content (AvgIpc) is 3.24. The smallest absolute Gasteiger partial charge is 0.421 e. The monoisotopic (exact) mass is 440 g/mol. The number of pyridine rings is 1. The minimum atomic E-state index is -4.54. The van der Waals surface area contributed by atoms with Gasteiger partial charge in [0.15, 0.2) is 0 Å². The zero-order chi connectivity index (χ0) is 21.7. The summed E-state index contributed by atoms with van der Waals surface area (Å²) in [7, 11) is 0. The molecule has 0 amide bonds. The molecule has 0 aliphatic carbocycles. The Morgan fingerprint density at radius 3 is 2.48 bits per heavy atom. The number of rotatable bonds is 6. The van der Waals surface area contributed by atoms with E-state index in [0.717, 1.165) is 22.9 Å². The summed E-state index contributed by atoms with van der Waals surface area (Å²) in [4.78, 5) is 8.16. The molecule has 1 N–H and O–H groups in total. The topological polar surface area (TPSA) is 59.4 Å². The minimum absolute atomic E-state index is 0.238. The van der Waals surface area contributed by atoms with E-state index in [0.29, 0.717) is 5.13 Å². The molecular weight excluding hydrogens is 425 g/mol. The highest BCUT2D eigenvalue weighted by molar-refractivity contribution is 7.14. The maximum atomic E-state index is 13.0. The van der Waals surface area contributed by atoms with Crippen molar-refractivity contribution in [2.75, 3.05) is 5.43 Å². The molecule has 0 aliphatic rings. The first-order valence-corrected chi connectivity index (χ1v) is 9.97. The van der Waals surface area contributed by atoms with Gasteiger partial charge in [-0.15, -0.1) is 11.3 Å². The summed E-state index contributed by atoms with van der Waals surface area (Å²) in [6.07, 6.45) is -1.72. The van der Waals surface area contributed by atoms with Gasteiger partial charge >= 0.3 is 6.18 Å². The van der Waals surface area contributed by atoms with Crippen LogP contribution in [0, 0.1) is 0 Å². The maximum Gasteiger partial charge on any atom is 0.421 e. The van der Waals surface area contributed by atoms with E-state index in [1.165, 1.54) is 23.6 Å². The van der Waals surface area contributed by atoms with Crippen molar-refractivity contribution in [3.8, 4) is 22.9 Å². The number of nitrogens with one attached hydrogen (secondary N) is 1. The molecule has 0 spiro atoms. The van der Waals surface area contributed by atoms with Gasteiger partial charge in [0.1, 0.15) is 11.3 Å². The standard InChI is InChI=1S/C22H15F3N4OS/c23-22(24,25)18-7-4-12-26-20(18)30-17-10-8-15(9-11-17)13-27-29-21-28-19(14-31-21)16-5-2-1-3-6-16/h1-14H,(H,28,29). The highest BCUT2D eigenvalue weighted by Crippen LogP contribution is 2.36. The number of anilines is 1. The SMILES string of the molecule is FC(F)(F)c1cccnc1Oc1ccc(C=NNc2nc(-c3ccccc3)cs2)cc1. The Morgan fingerprint density at radius 2 is 1.74 bits per heavy atom. The summed E-state index contributed by atoms with van der Waals surface area (Å²) >= 11 is 1.43. The number of alkyl halides is 3. The van der Waals surface area contributed by atoms with Crippen molar-refractivity contribution in [1.29, 1.82) is 0 Å². The van der Waals surface area contributed by atoms with Crippen LogP contribution in [0.15, 0.2) is 83.4 Å². The minimum Gasteiger partial charge on any atom is -0.438 e. The quantitative estimate of drug-likeness (QED) is 0.276. The summed E-state index contributed by atoms with van der Waals surface area (Å²) in [5.74, 6) is -0.252. The normalized spacial score (nSPS) is 11.6. The van der Waals surface area contributed by atoms with E-state index in [4.69, 9.17) is 4.74 Å². The fourth-order valence-electron chi connectivity index (χ4n) is 2.65. The van der Waals surface area contributed by atoms with Gasteiger partial charge in [-0.05, 0) is 42.0 Å². The highest BCUT2D eigenvalue weighted by atomic mass is 32.1. The molecule has 0 saturated heterocycles. The lowest BCUT2D eigenvalue weighted by Gasteiger charge is -2.12. The van der Waals surface area contributed by atoms with Crippen LogP contribution < -0.4 is 10.2 Å². The Kier molecular flexibility index (Phi) is 5.94. The molecule has 2 aromatic carbocycles. The maximum absolute atomic E-state index is 13.0. The molecule has 4 rings (SSSR count). The van der Waals surface area contributed by atoms with Crippen molar-refractivity contribution in [2.24, 2.45) is 5.10 Å². The van der Waals surface area contributed by atoms with Crippen LogP contribution in [0.25, 0.3) is 11.3 Å². The number of thiazole rings is 1. The van der Waals surface area contributed by atoms with Crippen LogP contribution >= 0.6 is 11.3 Å². The number of ether oxygens (including phenoxy) is 1. The Hall–Kier alpha value is -3.72. The van der Waals surface area contributed by atoms with E-state index >= 15 is 0 Å². The van der Waals surface area contributed by atoms with E-state index in [1.807, 2.05) is 35.7 Å². The Balaban J connectivity index is 1.38. The average molecular weight is 440 g/mol. The van der Waals surface area contributed by atoms with Crippen molar-refractivity contribution in [3.05, 3.63) is 89.4 Å². The Morgan fingerprint density at radius 1 is 0.968 bits per heavy atom. The summed E-state index contributed by atoms with van der Waals surface area (Å²) < 4.78 is 44.4. The number of hydrogen-bond donors (Lipinski definition) is 1. The third-order valence-corrected chi connectivity index (χ3v) is 4.87. The van der Waals surface area contributed by atoms with Gasteiger partial charge < -0.3 is 4.74 Å². The molecule has 0 radical (unpaired) electrons.